The van der Waals surface area contributed by atoms with Gasteiger partial charge in [-0.15, -0.1) is 0 Å². The fraction of sp³-hybridized carbons (Fsp3) is 0.294. The van der Waals surface area contributed by atoms with Gasteiger partial charge >= 0.3 is 0 Å². The molecule has 0 spiro atoms. The quantitative estimate of drug-likeness (QED) is 0.851. The van der Waals surface area contributed by atoms with E-state index in [0.29, 0.717) is 17.9 Å². The Morgan fingerprint density at radius 2 is 1.91 bits per heavy atom. The van der Waals surface area contributed by atoms with Gasteiger partial charge in [0.25, 0.3) is 5.56 Å². The zero-order valence-electron chi connectivity index (χ0n) is 13.1. The van der Waals surface area contributed by atoms with Crippen molar-refractivity contribution in [3.8, 4) is 0 Å². The van der Waals surface area contributed by atoms with E-state index in [9.17, 15) is 9.59 Å². The molecule has 5 nitrogen and oxygen atoms in total. The van der Waals surface area contributed by atoms with E-state index in [0.717, 1.165) is 5.56 Å². The molecule has 5 heteroatoms. The summed E-state index contributed by atoms with van der Waals surface area (Å²) in [6.07, 6.45) is 1.76. The molecule has 0 aliphatic rings. The normalized spacial score (nSPS) is 11.2. The number of nitrogen functional groups attached to an aromatic ring is 1. The first-order valence-electron chi connectivity index (χ1n) is 7.13. The second kappa shape index (κ2) is 6.05. The van der Waals surface area contributed by atoms with Gasteiger partial charge in [0.15, 0.2) is 0 Å². The molecule has 1 aromatic carbocycles. The molecule has 22 heavy (non-hydrogen) atoms. The predicted molar refractivity (Wildman–Crippen MR) is 88.7 cm³/mol. The summed E-state index contributed by atoms with van der Waals surface area (Å²) in [5, 5.41) is 2.83. The lowest BCUT2D eigenvalue weighted by molar-refractivity contribution is -0.124. The third kappa shape index (κ3) is 3.55. The number of benzene rings is 1. The Balaban J connectivity index is 2.19. The molecule has 1 amide bonds. The van der Waals surface area contributed by atoms with Gasteiger partial charge in [-0.1, -0.05) is 18.2 Å². The third-order valence-electron chi connectivity index (χ3n) is 3.52. The van der Waals surface area contributed by atoms with Crippen LogP contribution in [0.5, 0.6) is 0 Å². The van der Waals surface area contributed by atoms with Crippen molar-refractivity contribution in [3.05, 3.63) is 58.5 Å². The standard InChI is InChI=1S/C17H21N3O2/c1-12-8-9-15(21)20(10-12)11-17(2,3)16(22)19-14-7-5-4-6-13(14)18/h4-10H,11,18H2,1-3H3,(H,19,22). The van der Waals surface area contributed by atoms with Crippen molar-refractivity contribution < 1.29 is 4.79 Å². The number of para-hydroxylation sites is 2. The second-order valence-corrected chi connectivity index (χ2v) is 6.10. The Kier molecular flexibility index (Phi) is 4.35. The monoisotopic (exact) mass is 299 g/mol. The number of anilines is 2. The number of pyridine rings is 1. The largest absolute Gasteiger partial charge is 0.397 e. The molecule has 3 N–H and O–H groups in total. The second-order valence-electron chi connectivity index (χ2n) is 6.10. The van der Waals surface area contributed by atoms with Gasteiger partial charge < -0.3 is 15.6 Å². The maximum absolute atomic E-state index is 12.5. The molecule has 0 aliphatic heterocycles. The van der Waals surface area contributed by atoms with Crippen LogP contribution in [-0.4, -0.2) is 10.5 Å². The highest BCUT2D eigenvalue weighted by molar-refractivity contribution is 5.97. The number of aryl methyl sites for hydroxylation is 1. The Bertz CT molecular complexity index is 748. The summed E-state index contributed by atoms with van der Waals surface area (Å²) >= 11 is 0. The smallest absolute Gasteiger partial charge is 0.250 e. The van der Waals surface area contributed by atoms with Crippen LogP contribution in [0.2, 0.25) is 0 Å². The number of nitrogens with one attached hydrogen (secondary N) is 1. The zero-order chi connectivity index (χ0) is 16.3. The summed E-state index contributed by atoms with van der Waals surface area (Å²) in [5.74, 6) is -0.182. The summed E-state index contributed by atoms with van der Waals surface area (Å²) in [6, 6.07) is 10.4. The predicted octanol–water partition coefficient (Wildman–Crippen LogP) is 2.40. The number of carbonyl (C=O) groups excluding carboxylic acids is 1. The third-order valence-corrected chi connectivity index (χ3v) is 3.52. The molecule has 0 saturated carbocycles. The van der Waals surface area contributed by atoms with Gasteiger partial charge in [0, 0.05) is 18.8 Å². The fourth-order valence-electron chi connectivity index (χ4n) is 2.17. The minimum Gasteiger partial charge on any atom is -0.397 e. The van der Waals surface area contributed by atoms with Crippen LogP contribution in [0, 0.1) is 12.3 Å². The van der Waals surface area contributed by atoms with Gasteiger partial charge in [0.1, 0.15) is 0 Å². The van der Waals surface area contributed by atoms with Crippen molar-refractivity contribution in [2.75, 3.05) is 11.1 Å². The van der Waals surface area contributed by atoms with E-state index in [4.69, 9.17) is 5.73 Å². The molecule has 0 atom stereocenters. The SMILES string of the molecule is Cc1ccc(=O)n(CC(C)(C)C(=O)Nc2ccccc2N)c1. The summed E-state index contributed by atoms with van der Waals surface area (Å²) < 4.78 is 1.56. The van der Waals surface area contributed by atoms with E-state index in [1.54, 1.807) is 42.8 Å². The van der Waals surface area contributed by atoms with E-state index >= 15 is 0 Å². The molecule has 0 unspecified atom stereocenters. The molecular formula is C17H21N3O2. The van der Waals surface area contributed by atoms with Crippen molar-refractivity contribution in [1.29, 1.82) is 0 Å². The van der Waals surface area contributed by atoms with Crippen LogP contribution in [0.4, 0.5) is 11.4 Å². The first kappa shape index (κ1) is 15.8. The van der Waals surface area contributed by atoms with Crippen LogP contribution in [0.3, 0.4) is 0 Å². The maximum atomic E-state index is 12.5. The maximum Gasteiger partial charge on any atom is 0.250 e. The van der Waals surface area contributed by atoms with E-state index < -0.39 is 5.41 Å². The minimum atomic E-state index is -0.750. The van der Waals surface area contributed by atoms with Gasteiger partial charge in [-0.3, -0.25) is 9.59 Å². The number of nitrogens with zero attached hydrogens (tertiary/aromatic N) is 1. The topological polar surface area (TPSA) is 77.1 Å². The van der Waals surface area contributed by atoms with E-state index in [-0.39, 0.29) is 11.5 Å². The van der Waals surface area contributed by atoms with Crippen molar-refractivity contribution in [2.45, 2.75) is 27.3 Å². The Morgan fingerprint density at radius 1 is 1.23 bits per heavy atom. The Morgan fingerprint density at radius 3 is 2.59 bits per heavy atom. The van der Waals surface area contributed by atoms with Crippen LogP contribution >= 0.6 is 0 Å². The number of hydrogen-bond acceptors (Lipinski definition) is 3. The Hall–Kier alpha value is -2.56. The molecule has 0 fully saturated rings. The van der Waals surface area contributed by atoms with Crippen molar-refractivity contribution >= 4 is 17.3 Å². The molecule has 0 saturated heterocycles. The molecule has 2 rings (SSSR count). The molecular weight excluding hydrogens is 278 g/mol. The Labute approximate surface area is 129 Å². The van der Waals surface area contributed by atoms with Gasteiger partial charge in [-0.05, 0) is 38.5 Å². The lowest BCUT2D eigenvalue weighted by Crippen LogP contribution is -2.37. The fourth-order valence-corrected chi connectivity index (χ4v) is 2.17. The van der Waals surface area contributed by atoms with Crippen LogP contribution in [0.25, 0.3) is 0 Å². The number of hydrogen-bond donors (Lipinski definition) is 2. The number of aromatic nitrogens is 1. The summed E-state index contributed by atoms with van der Waals surface area (Å²) in [4.78, 5) is 24.4. The van der Waals surface area contributed by atoms with E-state index in [1.807, 2.05) is 19.1 Å². The summed E-state index contributed by atoms with van der Waals surface area (Å²) in [7, 11) is 0. The highest BCUT2D eigenvalue weighted by atomic mass is 16.2. The highest BCUT2D eigenvalue weighted by Gasteiger charge is 2.29. The van der Waals surface area contributed by atoms with Crippen molar-refractivity contribution in [1.82, 2.24) is 4.57 Å². The van der Waals surface area contributed by atoms with Gasteiger partial charge in [0.05, 0.1) is 16.8 Å². The summed E-state index contributed by atoms with van der Waals surface area (Å²) in [5.41, 5.74) is 7.04. The van der Waals surface area contributed by atoms with Crippen LogP contribution < -0.4 is 16.6 Å². The van der Waals surface area contributed by atoms with Crippen molar-refractivity contribution in [3.63, 3.8) is 0 Å². The number of amides is 1. The van der Waals surface area contributed by atoms with Crippen molar-refractivity contribution in [2.24, 2.45) is 5.41 Å². The average molecular weight is 299 g/mol. The molecule has 0 radical (unpaired) electrons. The summed E-state index contributed by atoms with van der Waals surface area (Å²) in [6.45, 7) is 5.81. The van der Waals surface area contributed by atoms with Gasteiger partial charge in [0.2, 0.25) is 5.91 Å². The lowest BCUT2D eigenvalue weighted by atomic mass is 9.91. The molecule has 0 aliphatic carbocycles. The number of nitrogens with two attached hydrogens (primary N) is 1. The molecule has 0 bridgehead atoms. The van der Waals surface area contributed by atoms with Crippen LogP contribution in [0.1, 0.15) is 19.4 Å². The molecule has 2 aromatic rings. The number of carbonyl (C=O) groups is 1. The molecule has 116 valence electrons. The minimum absolute atomic E-state index is 0.120. The zero-order valence-corrected chi connectivity index (χ0v) is 13.1. The first-order chi connectivity index (χ1) is 10.3. The number of rotatable bonds is 4. The van der Waals surface area contributed by atoms with Crippen LogP contribution in [-0.2, 0) is 11.3 Å². The average Bonchev–Trinajstić information content (AvgIpc) is 2.45. The van der Waals surface area contributed by atoms with E-state index in [2.05, 4.69) is 5.32 Å². The van der Waals surface area contributed by atoms with Gasteiger partial charge in [-0.25, -0.2) is 0 Å². The van der Waals surface area contributed by atoms with Crippen LogP contribution in [0.15, 0.2) is 47.4 Å². The molecule has 1 heterocycles. The highest BCUT2D eigenvalue weighted by Crippen LogP contribution is 2.23. The first-order valence-corrected chi connectivity index (χ1v) is 7.13. The van der Waals surface area contributed by atoms with E-state index in [1.165, 1.54) is 6.07 Å². The molecule has 1 aromatic heterocycles. The van der Waals surface area contributed by atoms with Gasteiger partial charge in [-0.2, -0.15) is 0 Å². The lowest BCUT2D eigenvalue weighted by Gasteiger charge is -2.25.